The standard InChI is InChI=1S/C25H26FN3O2S2/c1-16-12-18(15-29-8-10-32-11-9-29)6-7-21(16)27-25(31)23-17(2)13-22(33-23)28-24(30)19-4-3-5-20(26)14-19/h3-7,12-14H,8-11,15H2,1-2H3,(H,27,31)(H,28,30). The van der Waals surface area contributed by atoms with Gasteiger partial charge in [0, 0.05) is 42.4 Å². The number of aryl methyl sites for hydroxylation is 2. The Morgan fingerprint density at radius 1 is 0.970 bits per heavy atom. The number of halogens is 1. The van der Waals surface area contributed by atoms with E-state index in [2.05, 4.69) is 27.7 Å². The lowest BCUT2D eigenvalue weighted by atomic mass is 10.1. The third kappa shape index (κ3) is 6.01. The van der Waals surface area contributed by atoms with Crippen LogP contribution in [0.5, 0.6) is 0 Å². The number of nitrogens with zero attached hydrogens (tertiary/aromatic N) is 1. The van der Waals surface area contributed by atoms with Gasteiger partial charge in [-0.3, -0.25) is 14.5 Å². The summed E-state index contributed by atoms with van der Waals surface area (Å²) in [4.78, 5) is 28.3. The highest BCUT2D eigenvalue weighted by Crippen LogP contribution is 2.29. The molecular formula is C25H26FN3O2S2. The fourth-order valence-corrected chi connectivity index (χ4v) is 5.69. The summed E-state index contributed by atoms with van der Waals surface area (Å²) in [5, 5.41) is 6.29. The molecule has 1 aliphatic rings. The van der Waals surface area contributed by atoms with Crippen LogP contribution in [0.25, 0.3) is 0 Å². The number of carbonyl (C=O) groups excluding carboxylic acids is 2. The van der Waals surface area contributed by atoms with E-state index in [1.165, 1.54) is 46.6 Å². The highest BCUT2D eigenvalue weighted by Gasteiger charge is 2.17. The topological polar surface area (TPSA) is 61.4 Å². The quantitative estimate of drug-likeness (QED) is 0.482. The molecule has 0 spiro atoms. The Labute approximate surface area is 201 Å². The van der Waals surface area contributed by atoms with E-state index in [1.54, 1.807) is 12.1 Å². The van der Waals surface area contributed by atoms with Gasteiger partial charge in [0.25, 0.3) is 11.8 Å². The molecule has 3 aromatic rings. The molecule has 1 saturated heterocycles. The molecular weight excluding hydrogens is 457 g/mol. The molecule has 2 heterocycles. The van der Waals surface area contributed by atoms with Gasteiger partial charge in [-0.15, -0.1) is 11.3 Å². The highest BCUT2D eigenvalue weighted by atomic mass is 32.2. The number of nitrogens with one attached hydrogen (secondary N) is 2. The van der Waals surface area contributed by atoms with Crippen molar-refractivity contribution in [1.29, 1.82) is 0 Å². The number of hydrogen-bond acceptors (Lipinski definition) is 5. The van der Waals surface area contributed by atoms with Crippen molar-refractivity contribution in [2.75, 3.05) is 35.2 Å². The van der Waals surface area contributed by atoms with Crippen LogP contribution in [-0.4, -0.2) is 41.3 Å². The Bertz CT molecular complexity index is 1170. The van der Waals surface area contributed by atoms with Crippen molar-refractivity contribution < 1.29 is 14.0 Å². The summed E-state index contributed by atoms with van der Waals surface area (Å²) in [6.07, 6.45) is 0. The van der Waals surface area contributed by atoms with Gasteiger partial charge in [0.1, 0.15) is 5.82 Å². The summed E-state index contributed by atoms with van der Waals surface area (Å²) < 4.78 is 13.4. The Kier molecular flexibility index (Phi) is 7.47. The van der Waals surface area contributed by atoms with Crippen LogP contribution in [0.2, 0.25) is 0 Å². The first kappa shape index (κ1) is 23.5. The van der Waals surface area contributed by atoms with E-state index in [0.29, 0.717) is 9.88 Å². The minimum absolute atomic E-state index is 0.215. The second-order valence-corrected chi connectivity index (χ2v) is 10.4. The first-order valence-electron chi connectivity index (χ1n) is 10.8. The molecule has 0 aliphatic carbocycles. The summed E-state index contributed by atoms with van der Waals surface area (Å²) in [6.45, 7) is 6.97. The third-order valence-electron chi connectivity index (χ3n) is 5.50. The Balaban J connectivity index is 1.41. The van der Waals surface area contributed by atoms with E-state index in [9.17, 15) is 14.0 Å². The number of thiophene rings is 1. The highest BCUT2D eigenvalue weighted by molar-refractivity contribution is 7.99. The van der Waals surface area contributed by atoms with Crippen LogP contribution in [0.4, 0.5) is 15.1 Å². The molecule has 0 radical (unpaired) electrons. The Morgan fingerprint density at radius 2 is 1.76 bits per heavy atom. The SMILES string of the molecule is Cc1cc(CN2CCSCC2)ccc1NC(=O)c1sc(NC(=O)c2cccc(F)c2)cc1C. The largest absolute Gasteiger partial charge is 0.321 e. The molecule has 2 aromatic carbocycles. The number of carbonyl (C=O) groups is 2. The van der Waals surface area contributed by atoms with E-state index < -0.39 is 11.7 Å². The maximum absolute atomic E-state index is 13.4. The van der Waals surface area contributed by atoms with Gasteiger partial charge in [-0.05, 0) is 60.9 Å². The van der Waals surface area contributed by atoms with Crippen LogP contribution in [0.1, 0.15) is 36.7 Å². The number of anilines is 2. The van der Waals surface area contributed by atoms with Crippen LogP contribution in [0.3, 0.4) is 0 Å². The lowest BCUT2D eigenvalue weighted by Gasteiger charge is -2.26. The van der Waals surface area contributed by atoms with Crippen LogP contribution < -0.4 is 10.6 Å². The first-order valence-corrected chi connectivity index (χ1v) is 12.7. The van der Waals surface area contributed by atoms with Gasteiger partial charge in [0.15, 0.2) is 0 Å². The maximum atomic E-state index is 13.4. The molecule has 1 aromatic heterocycles. The predicted molar refractivity (Wildman–Crippen MR) is 135 cm³/mol. The Morgan fingerprint density at radius 3 is 2.48 bits per heavy atom. The predicted octanol–water partition coefficient (Wildman–Crippen LogP) is 5.56. The number of rotatable bonds is 6. The monoisotopic (exact) mass is 483 g/mol. The average Bonchev–Trinajstić information content (AvgIpc) is 3.16. The molecule has 172 valence electrons. The van der Waals surface area contributed by atoms with Crippen molar-refractivity contribution >= 4 is 45.6 Å². The molecule has 0 unspecified atom stereocenters. The fraction of sp³-hybridized carbons (Fsp3) is 0.280. The smallest absolute Gasteiger partial charge is 0.266 e. The van der Waals surface area contributed by atoms with Gasteiger partial charge in [-0.1, -0.05) is 18.2 Å². The number of benzene rings is 2. The van der Waals surface area contributed by atoms with Crippen molar-refractivity contribution in [3.63, 3.8) is 0 Å². The molecule has 0 saturated carbocycles. The molecule has 2 amide bonds. The lowest BCUT2D eigenvalue weighted by Crippen LogP contribution is -2.31. The second-order valence-electron chi connectivity index (χ2n) is 8.08. The van der Waals surface area contributed by atoms with Crippen molar-refractivity contribution in [2.24, 2.45) is 0 Å². The molecule has 2 N–H and O–H groups in total. The van der Waals surface area contributed by atoms with Gasteiger partial charge < -0.3 is 10.6 Å². The first-order chi connectivity index (χ1) is 15.9. The van der Waals surface area contributed by atoms with E-state index in [4.69, 9.17) is 0 Å². The van der Waals surface area contributed by atoms with Gasteiger partial charge in [0.05, 0.1) is 9.88 Å². The molecule has 0 atom stereocenters. The normalized spacial score (nSPS) is 14.2. The van der Waals surface area contributed by atoms with Crippen LogP contribution in [0, 0.1) is 19.7 Å². The van der Waals surface area contributed by atoms with E-state index in [1.807, 2.05) is 31.7 Å². The van der Waals surface area contributed by atoms with Gasteiger partial charge in [-0.25, -0.2) is 4.39 Å². The minimum Gasteiger partial charge on any atom is -0.321 e. The van der Waals surface area contributed by atoms with Crippen molar-refractivity contribution in [2.45, 2.75) is 20.4 Å². The number of amides is 2. The van der Waals surface area contributed by atoms with E-state index in [0.717, 1.165) is 36.4 Å². The molecule has 0 bridgehead atoms. The zero-order valence-corrected chi connectivity index (χ0v) is 20.2. The van der Waals surface area contributed by atoms with Gasteiger partial charge in [-0.2, -0.15) is 11.8 Å². The third-order valence-corrected chi connectivity index (χ3v) is 7.59. The molecule has 33 heavy (non-hydrogen) atoms. The minimum atomic E-state index is -0.471. The van der Waals surface area contributed by atoms with Crippen LogP contribution in [0.15, 0.2) is 48.5 Å². The summed E-state index contributed by atoms with van der Waals surface area (Å²) in [6, 6.07) is 13.4. The van der Waals surface area contributed by atoms with Crippen LogP contribution in [-0.2, 0) is 6.54 Å². The molecule has 1 aliphatic heterocycles. The summed E-state index contributed by atoms with van der Waals surface area (Å²) >= 11 is 3.20. The Hall–Kier alpha value is -2.68. The zero-order chi connectivity index (χ0) is 23.4. The van der Waals surface area contributed by atoms with Crippen LogP contribution >= 0.6 is 23.1 Å². The molecule has 8 heteroatoms. The summed E-state index contributed by atoms with van der Waals surface area (Å²) in [5.41, 5.74) is 4.03. The molecule has 5 nitrogen and oxygen atoms in total. The van der Waals surface area contributed by atoms with E-state index in [-0.39, 0.29) is 11.5 Å². The average molecular weight is 484 g/mol. The number of hydrogen-bond donors (Lipinski definition) is 2. The number of thioether (sulfide) groups is 1. The lowest BCUT2D eigenvalue weighted by molar-refractivity contribution is 0.101. The fourth-order valence-electron chi connectivity index (χ4n) is 3.74. The van der Waals surface area contributed by atoms with Gasteiger partial charge >= 0.3 is 0 Å². The zero-order valence-electron chi connectivity index (χ0n) is 18.6. The second kappa shape index (κ2) is 10.5. The van der Waals surface area contributed by atoms with Gasteiger partial charge in [0.2, 0.25) is 0 Å². The summed E-state index contributed by atoms with van der Waals surface area (Å²) in [5.74, 6) is 1.26. The molecule has 4 rings (SSSR count). The van der Waals surface area contributed by atoms with Crippen molar-refractivity contribution in [1.82, 2.24) is 4.90 Å². The molecule has 1 fully saturated rings. The van der Waals surface area contributed by atoms with E-state index >= 15 is 0 Å². The maximum Gasteiger partial charge on any atom is 0.266 e. The van der Waals surface area contributed by atoms with Crippen molar-refractivity contribution in [3.05, 3.63) is 81.5 Å². The van der Waals surface area contributed by atoms with Crippen molar-refractivity contribution in [3.8, 4) is 0 Å². The summed E-state index contributed by atoms with van der Waals surface area (Å²) in [7, 11) is 0.